The zero-order valence-corrected chi connectivity index (χ0v) is 5.68. The summed E-state index contributed by atoms with van der Waals surface area (Å²) in [5.74, 6) is 0.866. The number of hydrogen-bond acceptors (Lipinski definition) is 1. The first-order chi connectivity index (χ1) is 2.84. The van der Waals surface area contributed by atoms with Gasteiger partial charge in [0.15, 0.2) is 0 Å². The summed E-state index contributed by atoms with van der Waals surface area (Å²) in [6.45, 7) is 0.896. The van der Waals surface area contributed by atoms with Crippen LogP contribution < -0.4 is 5.73 Å². The van der Waals surface area contributed by atoms with E-state index in [1.54, 1.807) is 0 Å². The summed E-state index contributed by atoms with van der Waals surface area (Å²) in [5.41, 5.74) is 5.32. The molecule has 1 aliphatic carbocycles. The summed E-state index contributed by atoms with van der Waals surface area (Å²) < 4.78 is 0.910. The van der Waals surface area contributed by atoms with Gasteiger partial charge in [0, 0.05) is 3.92 Å². The van der Waals surface area contributed by atoms with Crippen molar-refractivity contribution in [3.8, 4) is 0 Å². The van der Waals surface area contributed by atoms with Gasteiger partial charge < -0.3 is 5.73 Å². The van der Waals surface area contributed by atoms with Crippen LogP contribution in [0.3, 0.4) is 0 Å². The van der Waals surface area contributed by atoms with E-state index in [1.165, 1.54) is 6.42 Å². The van der Waals surface area contributed by atoms with Gasteiger partial charge in [-0.15, -0.1) is 0 Å². The zero-order chi connectivity index (χ0) is 4.57. The lowest BCUT2D eigenvalue weighted by Gasteiger charge is -1.79. The van der Waals surface area contributed by atoms with Crippen LogP contribution in [-0.4, -0.2) is 10.5 Å². The number of rotatable bonds is 1. The molecule has 0 bridgehead atoms. The van der Waals surface area contributed by atoms with E-state index in [4.69, 9.17) is 5.73 Å². The van der Waals surface area contributed by atoms with Crippen LogP contribution in [0.4, 0.5) is 0 Å². The summed E-state index contributed by atoms with van der Waals surface area (Å²) in [7, 11) is 0. The predicted molar refractivity (Wildman–Crippen MR) is 35.0 cm³/mol. The lowest BCUT2D eigenvalue weighted by molar-refractivity contribution is 0.855. The third-order valence-corrected chi connectivity index (χ3v) is 2.66. The first-order valence-electron chi connectivity index (χ1n) is 2.18. The molecule has 2 atom stereocenters. The van der Waals surface area contributed by atoms with E-state index in [2.05, 4.69) is 22.6 Å². The molecule has 2 N–H and O–H groups in total. The van der Waals surface area contributed by atoms with Crippen molar-refractivity contribution in [2.75, 3.05) is 6.54 Å². The largest absolute Gasteiger partial charge is 0.330 e. The average Bonchev–Trinajstić information content (AvgIpc) is 2.19. The van der Waals surface area contributed by atoms with E-state index in [1.807, 2.05) is 0 Å². The highest BCUT2D eigenvalue weighted by molar-refractivity contribution is 14.1. The minimum atomic E-state index is 0.866. The summed E-state index contributed by atoms with van der Waals surface area (Å²) in [6.07, 6.45) is 1.36. The Morgan fingerprint density at radius 1 is 1.83 bits per heavy atom. The smallest absolute Gasteiger partial charge is 0.0154 e. The average molecular weight is 197 g/mol. The lowest BCUT2D eigenvalue weighted by Crippen LogP contribution is -2.01. The minimum Gasteiger partial charge on any atom is -0.330 e. The topological polar surface area (TPSA) is 26.0 Å². The second-order valence-electron chi connectivity index (χ2n) is 1.75. The fourth-order valence-corrected chi connectivity index (χ4v) is 1.40. The molecule has 0 aromatic rings. The first-order valence-corrected chi connectivity index (χ1v) is 3.43. The third kappa shape index (κ3) is 0.846. The van der Waals surface area contributed by atoms with Gasteiger partial charge in [-0.1, -0.05) is 22.6 Å². The Balaban J connectivity index is 2.09. The van der Waals surface area contributed by atoms with Gasteiger partial charge in [0.1, 0.15) is 0 Å². The Kier molecular flexibility index (Phi) is 1.34. The van der Waals surface area contributed by atoms with Crippen molar-refractivity contribution < 1.29 is 0 Å². The van der Waals surface area contributed by atoms with Crippen LogP contribution in [0.25, 0.3) is 0 Å². The molecule has 1 fully saturated rings. The van der Waals surface area contributed by atoms with Gasteiger partial charge >= 0.3 is 0 Å². The van der Waals surface area contributed by atoms with Crippen molar-refractivity contribution in [2.45, 2.75) is 10.3 Å². The minimum absolute atomic E-state index is 0.866. The molecule has 0 aliphatic heterocycles. The Hall–Kier alpha value is 0.690. The van der Waals surface area contributed by atoms with E-state index in [-0.39, 0.29) is 0 Å². The molecule has 6 heavy (non-hydrogen) atoms. The van der Waals surface area contributed by atoms with Gasteiger partial charge in [0.25, 0.3) is 0 Å². The fourth-order valence-electron chi connectivity index (χ4n) is 0.455. The van der Waals surface area contributed by atoms with Crippen LogP contribution in [0.1, 0.15) is 6.42 Å². The van der Waals surface area contributed by atoms with Gasteiger partial charge in [-0.3, -0.25) is 0 Å². The number of alkyl halides is 1. The molecular formula is C4H8IN. The maximum absolute atomic E-state index is 5.32. The van der Waals surface area contributed by atoms with E-state index in [0.717, 1.165) is 16.4 Å². The fraction of sp³-hybridized carbons (Fsp3) is 1.00. The van der Waals surface area contributed by atoms with E-state index >= 15 is 0 Å². The van der Waals surface area contributed by atoms with Crippen molar-refractivity contribution in [1.29, 1.82) is 0 Å². The molecule has 1 saturated carbocycles. The molecule has 2 heteroatoms. The highest BCUT2D eigenvalue weighted by atomic mass is 127. The van der Waals surface area contributed by atoms with Crippen molar-refractivity contribution in [3.63, 3.8) is 0 Å². The SMILES string of the molecule is NCC1CC1I. The van der Waals surface area contributed by atoms with Gasteiger partial charge in [0.2, 0.25) is 0 Å². The molecule has 36 valence electrons. The van der Waals surface area contributed by atoms with Gasteiger partial charge in [-0.2, -0.15) is 0 Å². The Morgan fingerprint density at radius 3 is 2.33 bits per heavy atom. The molecule has 0 spiro atoms. The highest BCUT2D eigenvalue weighted by Gasteiger charge is 2.32. The summed E-state index contributed by atoms with van der Waals surface area (Å²) in [6, 6.07) is 0. The number of hydrogen-bond donors (Lipinski definition) is 1. The van der Waals surface area contributed by atoms with Crippen molar-refractivity contribution in [2.24, 2.45) is 11.7 Å². The second-order valence-corrected chi connectivity index (χ2v) is 3.35. The van der Waals surface area contributed by atoms with E-state index in [9.17, 15) is 0 Å². The van der Waals surface area contributed by atoms with E-state index < -0.39 is 0 Å². The quantitative estimate of drug-likeness (QED) is 0.487. The summed E-state index contributed by atoms with van der Waals surface area (Å²) >= 11 is 2.44. The molecule has 2 unspecified atom stereocenters. The van der Waals surface area contributed by atoms with Crippen LogP contribution in [0.2, 0.25) is 0 Å². The van der Waals surface area contributed by atoms with Crippen LogP contribution in [0.5, 0.6) is 0 Å². The summed E-state index contributed by atoms with van der Waals surface area (Å²) in [4.78, 5) is 0. The maximum Gasteiger partial charge on any atom is 0.0154 e. The van der Waals surface area contributed by atoms with Crippen LogP contribution >= 0.6 is 22.6 Å². The van der Waals surface area contributed by atoms with Crippen LogP contribution in [0.15, 0.2) is 0 Å². The Bertz CT molecular complexity index is 53.5. The third-order valence-electron chi connectivity index (χ3n) is 1.14. The molecule has 0 aromatic carbocycles. The number of nitrogens with two attached hydrogens (primary N) is 1. The monoisotopic (exact) mass is 197 g/mol. The van der Waals surface area contributed by atoms with Crippen molar-refractivity contribution >= 4 is 22.6 Å². The molecule has 1 nitrogen and oxygen atoms in total. The molecule has 0 aromatic heterocycles. The standard InChI is InChI=1S/C4H8IN/c5-4-1-3(4)2-6/h3-4H,1-2,6H2. The molecule has 0 radical (unpaired) electrons. The normalized spacial score (nSPS) is 43.0. The zero-order valence-electron chi connectivity index (χ0n) is 3.52. The summed E-state index contributed by atoms with van der Waals surface area (Å²) in [5, 5.41) is 0. The lowest BCUT2D eigenvalue weighted by atomic mass is 10.4. The maximum atomic E-state index is 5.32. The van der Waals surface area contributed by atoms with Crippen molar-refractivity contribution in [1.82, 2.24) is 0 Å². The predicted octanol–water partition coefficient (Wildman–Crippen LogP) is 0.769. The molecule has 0 heterocycles. The van der Waals surface area contributed by atoms with Crippen molar-refractivity contribution in [3.05, 3.63) is 0 Å². The molecule has 1 rings (SSSR count). The van der Waals surface area contributed by atoms with Gasteiger partial charge in [0.05, 0.1) is 0 Å². The molecule has 0 amide bonds. The molecule has 0 saturated heterocycles. The Morgan fingerprint density at radius 2 is 2.33 bits per heavy atom. The Labute approximate surface area is 51.4 Å². The van der Waals surface area contributed by atoms with E-state index in [0.29, 0.717) is 0 Å². The second kappa shape index (κ2) is 1.66. The van der Waals surface area contributed by atoms with Gasteiger partial charge in [-0.25, -0.2) is 0 Å². The molecular weight excluding hydrogens is 189 g/mol. The first kappa shape index (κ1) is 4.84. The van der Waals surface area contributed by atoms with Crippen LogP contribution in [0, 0.1) is 5.92 Å². The van der Waals surface area contributed by atoms with Gasteiger partial charge in [-0.05, 0) is 18.9 Å². The highest BCUT2D eigenvalue weighted by Crippen LogP contribution is 2.36. The number of halogens is 1. The van der Waals surface area contributed by atoms with Crippen LogP contribution in [-0.2, 0) is 0 Å². The molecule has 1 aliphatic rings.